The summed E-state index contributed by atoms with van der Waals surface area (Å²) >= 11 is 0. The van der Waals surface area contributed by atoms with Crippen LogP contribution in [0.4, 0.5) is 5.69 Å². The summed E-state index contributed by atoms with van der Waals surface area (Å²) in [6.07, 6.45) is 0. The van der Waals surface area contributed by atoms with Gasteiger partial charge >= 0.3 is 5.97 Å². The molecule has 0 spiro atoms. The van der Waals surface area contributed by atoms with Gasteiger partial charge in [0, 0.05) is 5.69 Å². The van der Waals surface area contributed by atoms with Crippen molar-refractivity contribution in [3.63, 3.8) is 0 Å². The molecule has 0 atom stereocenters. The van der Waals surface area contributed by atoms with Gasteiger partial charge in [0.1, 0.15) is 0 Å². The second kappa shape index (κ2) is 4.96. The number of carboxylic acids is 1. The molecule has 12 heavy (non-hydrogen) atoms. The lowest BCUT2D eigenvalue weighted by Crippen LogP contribution is -1.96. The van der Waals surface area contributed by atoms with Crippen molar-refractivity contribution in [2.45, 2.75) is 0 Å². The molecule has 0 aromatic heterocycles. The van der Waals surface area contributed by atoms with Crippen LogP contribution < -0.4 is 5.73 Å². The first-order valence-electron chi connectivity index (χ1n) is 3.29. The minimum absolute atomic E-state index is 0.222. The molecule has 0 amide bonds. The molecule has 1 aromatic rings. The molecule has 1 rings (SSSR count). The minimum atomic E-state index is -0.952. The number of nitrogens with two attached hydrogens (primary N) is 1. The lowest BCUT2D eigenvalue weighted by Gasteiger charge is -1.93. The zero-order valence-electron chi connectivity index (χ0n) is 6.66. The van der Waals surface area contributed by atoms with Crippen LogP contribution in [0.2, 0.25) is 0 Å². The van der Waals surface area contributed by atoms with Gasteiger partial charge in [-0.05, 0) is 18.2 Å². The lowest BCUT2D eigenvalue weighted by molar-refractivity contribution is 0.0697. The summed E-state index contributed by atoms with van der Waals surface area (Å²) in [5, 5.41) is 8.45. The molecule has 0 aliphatic rings. The van der Waals surface area contributed by atoms with Crippen molar-refractivity contribution >= 4 is 11.7 Å². The van der Waals surface area contributed by atoms with E-state index in [1.165, 1.54) is 12.1 Å². The predicted molar refractivity (Wildman–Crippen MR) is 49.1 cm³/mol. The fraction of sp³-hybridized carbons (Fsp3) is 0. The van der Waals surface area contributed by atoms with Crippen LogP contribution in [0.15, 0.2) is 37.4 Å². The molecule has 0 heterocycles. The van der Waals surface area contributed by atoms with Crippen LogP contribution in [0.5, 0.6) is 0 Å². The zero-order valence-corrected chi connectivity index (χ0v) is 6.66. The Morgan fingerprint density at radius 1 is 1.42 bits per heavy atom. The third kappa shape index (κ3) is 2.88. The van der Waals surface area contributed by atoms with Crippen molar-refractivity contribution in [3.05, 3.63) is 43.0 Å². The monoisotopic (exact) mass is 165 g/mol. The standard InChI is InChI=1S/C7H7NO2.C2H4/c8-6-3-1-2-5(4-6)7(9)10;1-2/h1-4H,8H2,(H,9,10);1-2H2. The summed E-state index contributed by atoms with van der Waals surface area (Å²) in [7, 11) is 0. The third-order valence-electron chi connectivity index (χ3n) is 1.13. The molecule has 0 radical (unpaired) electrons. The number of nitrogen functional groups attached to an aromatic ring is 1. The van der Waals surface area contributed by atoms with Gasteiger partial charge in [0.25, 0.3) is 0 Å². The van der Waals surface area contributed by atoms with E-state index in [0.717, 1.165) is 0 Å². The fourth-order valence-electron chi connectivity index (χ4n) is 0.672. The van der Waals surface area contributed by atoms with Crippen molar-refractivity contribution in [1.82, 2.24) is 0 Å². The van der Waals surface area contributed by atoms with E-state index in [1.807, 2.05) is 0 Å². The highest BCUT2D eigenvalue weighted by molar-refractivity contribution is 5.88. The maximum Gasteiger partial charge on any atom is 0.335 e. The normalized spacial score (nSPS) is 8.00. The number of hydrogen-bond acceptors (Lipinski definition) is 2. The molecule has 0 aliphatic heterocycles. The van der Waals surface area contributed by atoms with Gasteiger partial charge in [-0.3, -0.25) is 0 Å². The highest BCUT2D eigenvalue weighted by atomic mass is 16.4. The van der Waals surface area contributed by atoms with Crippen molar-refractivity contribution in [2.75, 3.05) is 5.73 Å². The number of aromatic carboxylic acids is 1. The molecular weight excluding hydrogens is 154 g/mol. The molecule has 0 unspecified atom stereocenters. The van der Waals surface area contributed by atoms with Crippen LogP contribution in [-0.2, 0) is 0 Å². The predicted octanol–water partition coefficient (Wildman–Crippen LogP) is 1.77. The van der Waals surface area contributed by atoms with Gasteiger partial charge in [-0.2, -0.15) is 0 Å². The maximum atomic E-state index is 10.3. The van der Waals surface area contributed by atoms with Crippen LogP contribution in [0.3, 0.4) is 0 Å². The van der Waals surface area contributed by atoms with Gasteiger partial charge < -0.3 is 10.8 Å². The van der Waals surface area contributed by atoms with Crippen molar-refractivity contribution < 1.29 is 9.90 Å². The molecule has 0 saturated carbocycles. The summed E-state index contributed by atoms with van der Waals surface area (Å²) in [6.45, 7) is 6.00. The minimum Gasteiger partial charge on any atom is -0.478 e. The molecule has 3 nitrogen and oxygen atoms in total. The van der Waals surface area contributed by atoms with Crippen LogP contribution in [-0.4, -0.2) is 11.1 Å². The molecule has 0 aliphatic carbocycles. The molecule has 64 valence electrons. The maximum absolute atomic E-state index is 10.3. The average Bonchev–Trinajstić information content (AvgIpc) is 2.08. The van der Waals surface area contributed by atoms with Gasteiger partial charge in [-0.15, -0.1) is 13.2 Å². The van der Waals surface area contributed by atoms with Gasteiger partial charge in [0.15, 0.2) is 0 Å². The highest BCUT2D eigenvalue weighted by Gasteiger charge is 1.99. The van der Waals surface area contributed by atoms with E-state index in [2.05, 4.69) is 13.2 Å². The number of carbonyl (C=O) groups is 1. The molecule has 0 saturated heterocycles. The average molecular weight is 165 g/mol. The first-order valence-corrected chi connectivity index (χ1v) is 3.29. The van der Waals surface area contributed by atoms with Crippen LogP contribution in [0, 0.1) is 0 Å². The number of rotatable bonds is 1. The summed E-state index contributed by atoms with van der Waals surface area (Å²) < 4.78 is 0. The molecule has 3 N–H and O–H groups in total. The van der Waals surface area contributed by atoms with Gasteiger partial charge in [-0.25, -0.2) is 4.79 Å². The van der Waals surface area contributed by atoms with E-state index in [9.17, 15) is 4.79 Å². The van der Waals surface area contributed by atoms with Crippen molar-refractivity contribution in [2.24, 2.45) is 0 Å². The molecular formula is C9H11NO2. The van der Waals surface area contributed by atoms with Crippen LogP contribution in [0.25, 0.3) is 0 Å². The Morgan fingerprint density at radius 3 is 2.33 bits per heavy atom. The Morgan fingerprint density at radius 2 is 2.00 bits per heavy atom. The second-order valence-electron chi connectivity index (χ2n) is 1.93. The molecule has 0 bridgehead atoms. The Bertz CT molecular complexity index is 271. The second-order valence-corrected chi connectivity index (χ2v) is 1.93. The van der Waals surface area contributed by atoms with Crippen LogP contribution >= 0.6 is 0 Å². The summed E-state index contributed by atoms with van der Waals surface area (Å²) in [5.74, 6) is -0.952. The van der Waals surface area contributed by atoms with Crippen molar-refractivity contribution in [1.29, 1.82) is 0 Å². The number of anilines is 1. The first-order chi connectivity index (χ1) is 5.70. The summed E-state index contributed by atoms with van der Waals surface area (Å²) in [4.78, 5) is 10.3. The van der Waals surface area contributed by atoms with E-state index < -0.39 is 5.97 Å². The van der Waals surface area contributed by atoms with E-state index >= 15 is 0 Å². The third-order valence-corrected chi connectivity index (χ3v) is 1.13. The molecule has 0 fully saturated rings. The smallest absolute Gasteiger partial charge is 0.335 e. The van der Waals surface area contributed by atoms with E-state index in [0.29, 0.717) is 5.69 Å². The highest BCUT2D eigenvalue weighted by Crippen LogP contribution is 2.05. The Labute approximate surface area is 71.1 Å². The zero-order chi connectivity index (χ0) is 9.56. The summed E-state index contributed by atoms with van der Waals surface area (Å²) in [5.41, 5.74) is 6.03. The molecule has 3 heteroatoms. The van der Waals surface area contributed by atoms with E-state index in [-0.39, 0.29) is 5.56 Å². The Hall–Kier alpha value is -1.77. The number of benzene rings is 1. The van der Waals surface area contributed by atoms with Crippen molar-refractivity contribution in [3.8, 4) is 0 Å². The summed E-state index contributed by atoms with van der Waals surface area (Å²) in [6, 6.07) is 6.17. The lowest BCUT2D eigenvalue weighted by atomic mass is 10.2. The quantitative estimate of drug-likeness (QED) is 0.492. The Balaban J connectivity index is 0.000000561. The number of carboxylic acid groups (broad SMARTS) is 1. The molecule has 1 aromatic carbocycles. The van der Waals surface area contributed by atoms with Gasteiger partial charge in [0.2, 0.25) is 0 Å². The largest absolute Gasteiger partial charge is 0.478 e. The topological polar surface area (TPSA) is 63.3 Å². The van der Waals surface area contributed by atoms with E-state index in [1.54, 1.807) is 12.1 Å². The SMILES string of the molecule is C=C.Nc1cccc(C(=O)O)c1. The first kappa shape index (κ1) is 10.2. The number of hydrogen-bond donors (Lipinski definition) is 2. The van der Waals surface area contributed by atoms with Gasteiger partial charge in [0.05, 0.1) is 5.56 Å². The van der Waals surface area contributed by atoms with E-state index in [4.69, 9.17) is 10.8 Å². The van der Waals surface area contributed by atoms with Crippen LogP contribution in [0.1, 0.15) is 10.4 Å². The Kier molecular flexibility index (Phi) is 4.23. The fourth-order valence-corrected chi connectivity index (χ4v) is 0.672. The van der Waals surface area contributed by atoms with Gasteiger partial charge in [-0.1, -0.05) is 6.07 Å².